The molecule has 0 saturated carbocycles. The summed E-state index contributed by atoms with van der Waals surface area (Å²) in [6.07, 6.45) is 1.81. The second-order valence-electron chi connectivity index (χ2n) is 5.38. The second-order valence-corrected chi connectivity index (χ2v) is 5.38. The fourth-order valence-electron chi connectivity index (χ4n) is 2.62. The van der Waals surface area contributed by atoms with E-state index in [0.717, 1.165) is 31.6 Å². The number of rotatable bonds is 5. The number of nitrogens with two attached hydrogens (primary N) is 1. The zero-order valence-corrected chi connectivity index (χ0v) is 12.6. The van der Waals surface area contributed by atoms with Gasteiger partial charge in [-0.2, -0.15) is 0 Å². The predicted molar refractivity (Wildman–Crippen MR) is 82.1 cm³/mol. The number of carbonyl (C=O) groups is 1. The number of carbonyl (C=O) groups excluding carboxylic acids is 1. The Bertz CT molecular complexity index is 485. The van der Waals surface area contributed by atoms with Gasteiger partial charge in [0.2, 0.25) is 0 Å². The van der Waals surface area contributed by atoms with Gasteiger partial charge in [-0.15, -0.1) is 0 Å². The van der Waals surface area contributed by atoms with Crippen LogP contribution in [0.5, 0.6) is 0 Å². The third-order valence-electron chi connectivity index (χ3n) is 3.73. The van der Waals surface area contributed by atoms with E-state index in [2.05, 4.69) is 16.8 Å². The number of nitrogen functional groups attached to an aromatic ring is 1. The molecule has 6 heteroatoms. The van der Waals surface area contributed by atoms with Crippen LogP contribution in [0.15, 0.2) is 12.1 Å². The number of anilines is 1. The Morgan fingerprint density at radius 3 is 2.67 bits per heavy atom. The molecule has 1 fully saturated rings. The average Bonchev–Trinajstić information content (AvgIpc) is 2.47. The van der Waals surface area contributed by atoms with Crippen molar-refractivity contribution in [1.82, 2.24) is 14.8 Å². The molecule has 0 spiro atoms. The number of aliphatic hydroxyl groups is 1. The molecule has 0 atom stereocenters. The lowest BCUT2D eigenvalue weighted by molar-refractivity contribution is 0.0615. The van der Waals surface area contributed by atoms with Crippen molar-refractivity contribution in [2.24, 2.45) is 0 Å². The van der Waals surface area contributed by atoms with Gasteiger partial charge in [0.05, 0.1) is 6.61 Å². The molecule has 1 saturated heterocycles. The van der Waals surface area contributed by atoms with Crippen LogP contribution in [0.4, 0.5) is 5.82 Å². The van der Waals surface area contributed by atoms with Crippen LogP contribution in [0, 0.1) is 0 Å². The lowest BCUT2D eigenvalue weighted by atomic mass is 10.1. The first kappa shape index (κ1) is 15.7. The molecule has 116 valence electrons. The molecule has 1 aromatic heterocycles. The summed E-state index contributed by atoms with van der Waals surface area (Å²) in [7, 11) is 0. The van der Waals surface area contributed by atoms with Crippen molar-refractivity contribution in [3.8, 4) is 0 Å². The van der Waals surface area contributed by atoms with Gasteiger partial charge in [-0.05, 0) is 18.6 Å². The van der Waals surface area contributed by atoms with Crippen LogP contribution in [0.3, 0.4) is 0 Å². The van der Waals surface area contributed by atoms with Crippen molar-refractivity contribution >= 4 is 11.7 Å². The fourth-order valence-corrected chi connectivity index (χ4v) is 2.62. The molecule has 1 aromatic rings. The van der Waals surface area contributed by atoms with Gasteiger partial charge in [-0.25, -0.2) is 4.98 Å². The van der Waals surface area contributed by atoms with E-state index in [0.29, 0.717) is 31.0 Å². The minimum atomic E-state index is 0.0186. The molecule has 1 aliphatic rings. The Morgan fingerprint density at radius 1 is 1.33 bits per heavy atom. The van der Waals surface area contributed by atoms with Gasteiger partial charge in [-0.3, -0.25) is 9.69 Å². The minimum absolute atomic E-state index is 0.0186. The number of hydrogen-bond donors (Lipinski definition) is 2. The Labute approximate surface area is 125 Å². The highest BCUT2D eigenvalue weighted by atomic mass is 16.3. The van der Waals surface area contributed by atoms with Crippen molar-refractivity contribution in [2.45, 2.75) is 19.8 Å². The number of aromatic nitrogens is 1. The number of hydrogen-bond acceptors (Lipinski definition) is 5. The first-order chi connectivity index (χ1) is 10.1. The molecule has 21 heavy (non-hydrogen) atoms. The lowest BCUT2D eigenvalue weighted by Gasteiger charge is -2.34. The smallest absolute Gasteiger partial charge is 0.254 e. The van der Waals surface area contributed by atoms with Crippen molar-refractivity contribution in [1.29, 1.82) is 0 Å². The Hall–Kier alpha value is -1.66. The average molecular weight is 292 g/mol. The maximum atomic E-state index is 12.5. The Kier molecular flexibility index (Phi) is 5.52. The number of pyridine rings is 1. The fraction of sp³-hybridized carbons (Fsp3) is 0.600. The number of piperazine rings is 1. The maximum absolute atomic E-state index is 12.5. The zero-order valence-electron chi connectivity index (χ0n) is 12.6. The summed E-state index contributed by atoms with van der Waals surface area (Å²) >= 11 is 0. The summed E-state index contributed by atoms with van der Waals surface area (Å²) < 4.78 is 0. The first-order valence-corrected chi connectivity index (χ1v) is 7.53. The monoisotopic (exact) mass is 292 g/mol. The third kappa shape index (κ3) is 4.15. The summed E-state index contributed by atoms with van der Waals surface area (Å²) in [5.74, 6) is 0.424. The van der Waals surface area contributed by atoms with E-state index >= 15 is 0 Å². The molecular weight excluding hydrogens is 268 g/mol. The van der Waals surface area contributed by atoms with Gasteiger partial charge in [0.25, 0.3) is 5.91 Å². The summed E-state index contributed by atoms with van der Waals surface area (Å²) in [4.78, 5) is 20.8. The summed E-state index contributed by atoms with van der Waals surface area (Å²) in [6, 6.07) is 3.50. The van der Waals surface area contributed by atoms with Gasteiger partial charge in [0.1, 0.15) is 5.82 Å². The van der Waals surface area contributed by atoms with E-state index in [4.69, 9.17) is 10.8 Å². The van der Waals surface area contributed by atoms with Crippen LogP contribution < -0.4 is 5.73 Å². The van der Waals surface area contributed by atoms with E-state index < -0.39 is 0 Å². The molecule has 1 aliphatic heterocycles. The van der Waals surface area contributed by atoms with Gasteiger partial charge in [0, 0.05) is 44.0 Å². The predicted octanol–water partition coefficient (Wildman–Crippen LogP) is 0.366. The van der Waals surface area contributed by atoms with Crippen molar-refractivity contribution in [3.63, 3.8) is 0 Å². The third-order valence-corrected chi connectivity index (χ3v) is 3.73. The molecule has 0 radical (unpaired) electrons. The highest BCUT2D eigenvalue weighted by Gasteiger charge is 2.22. The quantitative estimate of drug-likeness (QED) is 0.819. The van der Waals surface area contributed by atoms with E-state index in [9.17, 15) is 4.79 Å². The van der Waals surface area contributed by atoms with Crippen LogP contribution in [0.2, 0.25) is 0 Å². The molecule has 1 amide bonds. The van der Waals surface area contributed by atoms with E-state index in [1.54, 1.807) is 6.07 Å². The molecule has 0 unspecified atom stereocenters. The summed E-state index contributed by atoms with van der Waals surface area (Å²) in [6.45, 7) is 5.88. The number of nitrogens with zero attached hydrogens (tertiary/aromatic N) is 3. The molecular formula is C15H24N4O2. The van der Waals surface area contributed by atoms with Crippen LogP contribution in [0.1, 0.15) is 29.4 Å². The van der Waals surface area contributed by atoms with E-state index in [1.807, 2.05) is 11.0 Å². The molecule has 0 aromatic carbocycles. The van der Waals surface area contributed by atoms with Gasteiger partial charge >= 0.3 is 0 Å². The van der Waals surface area contributed by atoms with Crippen molar-refractivity contribution < 1.29 is 9.90 Å². The molecule has 2 heterocycles. The Balaban J connectivity index is 2.03. The summed E-state index contributed by atoms with van der Waals surface area (Å²) in [5, 5.41) is 8.94. The highest BCUT2D eigenvalue weighted by molar-refractivity contribution is 5.95. The van der Waals surface area contributed by atoms with Crippen LogP contribution in [-0.2, 0) is 6.42 Å². The van der Waals surface area contributed by atoms with Gasteiger partial charge in [-0.1, -0.05) is 13.3 Å². The topological polar surface area (TPSA) is 82.7 Å². The SMILES string of the molecule is CCCc1cc(C(=O)N2CCN(CCO)CC2)cc(N)n1. The van der Waals surface area contributed by atoms with Gasteiger partial charge < -0.3 is 15.7 Å². The minimum Gasteiger partial charge on any atom is -0.395 e. The molecule has 0 bridgehead atoms. The zero-order chi connectivity index (χ0) is 15.2. The normalized spacial score (nSPS) is 16.2. The molecule has 6 nitrogen and oxygen atoms in total. The van der Waals surface area contributed by atoms with Crippen LogP contribution in [-0.4, -0.2) is 65.1 Å². The second kappa shape index (κ2) is 7.38. The molecule has 2 rings (SSSR count). The van der Waals surface area contributed by atoms with Crippen LogP contribution in [0.25, 0.3) is 0 Å². The van der Waals surface area contributed by atoms with Crippen molar-refractivity contribution in [3.05, 3.63) is 23.4 Å². The van der Waals surface area contributed by atoms with Crippen LogP contribution >= 0.6 is 0 Å². The van der Waals surface area contributed by atoms with Crippen molar-refractivity contribution in [2.75, 3.05) is 45.1 Å². The number of aryl methyl sites for hydroxylation is 1. The first-order valence-electron chi connectivity index (χ1n) is 7.53. The Morgan fingerprint density at radius 2 is 2.05 bits per heavy atom. The molecule has 0 aliphatic carbocycles. The lowest BCUT2D eigenvalue weighted by Crippen LogP contribution is -2.49. The highest BCUT2D eigenvalue weighted by Crippen LogP contribution is 2.13. The largest absolute Gasteiger partial charge is 0.395 e. The van der Waals surface area contributed by atoms with E-state index in [-0.39, 0.29) is 12.5 Å². The standard InChI is InChI=1S/C15H24N4O2/c1-2-3-13-10-12(11-14(16)17-13)15(21)19-6-4-18(5-7-19)8-9-20/h10-11,20H,2-9H2,1H3,(H2,16,17). The van der Waals surface area contributed by atoms with Gasteiger partial charge in [0.15, 0.2) is 0 Å². The molecule has 3 N–H and O–H groups in total. The number of aliphatic hydroxyl groups excluding tert-OH is 1. The summed E-state index contributed by atoms with van der Waals surface area (Å²) in [5.41, 5.74) is 7.30. The maximum Gasteiger partial charge on any atom is 0.254 e. The number of β-amino-alcohol motifs (C(OH)–C–C–N with tert-alkyl or cyclic N) is 1. The number of amides is 1. The van der Waals surface area contributed by atoms with E-state index in [1.165, 1.54) is 0 Å².